The molecule has 4 nitrogen and oxygen atoms in total. The third-order valence-electron chi connectivity index (χ3n) is 5.31. The molecular formula is C19H28N2O2. The second-order valence-electron chi connectivity index (χ2n) is 7.00. The minimum absolute atomic E-state index is 0.182. The molecular weight excluding hydrogens is 288 g/mol. The summed E-state index contributed by atoms with van der Waals surface area (Å²) < 4.78 is 0. The third kappa shape index (κ3) is 4.12. The van der Waals surface area contributed by atoms with Gasteiger partial charge in [-0.1, -0.05) is 42.7 Å². The Morgan fingerprint density at radius 1 is 1.09 bits per heavy atom. The van der Waals surface area contributed by atoms with Gasteiger partial charge in [0, 0.05) is 32.2 Å². The van der Waals surface area contributed by atoms with Crippen LogP contribution in [0.2, 0.25) is 0 Å². The van der Waals surface area contributed by atoms with Gasteiger partial charge in [0.2, 0.25) is 5.91 Å². The largest absolute Gasteiger partial charge is 0.391 e. The Labute approximate surface area is 139 Å². The zero-order valence-corrected chi connectivity index (χ0v) is 14.1. The number of aliphatic hydroxyl groups excluding tert-OH is 1. The van der Waals surface area contributed by atoms with Crippen LogP contribution in [0.15, 0.2) is 24.3 Å². The fourth-order valence-electron chi connectivity index (χ4n) is 3.81. The van der Waals surface area contributed by atoms with Crippen molar-refractivity contribution in [1.29, 1.82) is 0 Å². The summed E-state index contributed by atoms with van der Waals surface area (Å²) >= 11 is 0. The maximum absolute atomic E-state index is 12.5. The van der Waals surface area contributed by atoms with Gasteiger partial charge in [0.25, 0.3) is 0 Å². The molecule has 1 aromatic carbocycles. The molecule has 1 aliphatic carbocycles. The van der Waals surface area contributed by atoms with Crippen LogP contribution in [0.25, 0.3) is 0 Å². The molecule has 2 atom stereocenters. The van der Waals surface area contributed by atoms with Crippen LogP contribution in [0.4, 0.5) is 0 Å². The highest BCUT2D eigenvalue weighted by Crippen LogP contribution is 2.24. The van der Waals surface area contributed by atoms with E-state index in [1.165, 1.54) is 12.0 Å². The molecule has 1 heterocycles. The van der Waals surface area contributed by atoms with Crippen molar-refractivity contribution in [2.24, 2.45) is 0 Å². The predicted octanol–water partition coefficient (Wildman–Crippen LogP) is 1.99. The standard InChI is InChI=1S/C19H28N2O2/c1-15-6-8-16(9-7-15)14-19(23)21-12-10-20(11-13-21)17-4-2-3-5-18(17)22/h6-9,17-18,22H,2-5,10-14H2,1H3. The van der Waals surface area contributed by atoms with E-state index >= 15 is 0 Å². The number of benzene rings is 1. The van der Waals surface area contributed by atoms with Crippen molar-refractivity contribution in [3.63, 3.8) is 0 Å². The monoisotopic (exact) mass is 316 g/mol. The Morgan fingerprint density at radius 2 is 1.74 bits per heavy atom. The lowest BCUT2D eigenvalue weighted by atomic mass is 9.91. The molecule has 1 amide bonds. The van der Waals surface area contributed by atoms with Crippen LogP contribution < -0.4 is 0 Å². The number of hydrogen-bond acceptors (Lipinski definition) is 3. The number of carbonyl (C=O) groups excluding carboxylic acids is 1. The van der Waals surface area contributed by atoms with E-state index in [9.17, 15) is 9.90 Å². The third-order valence-corrected chi connectivity index (χ3v) is 5.31. The van der Waals surface area contributed by atoms with Crippen molar-refractivity contribution in [2.45, 2.75) is 51.2 Å². The number of aryl methyl sites for hydroxylation is 1. The molecule has 0 bridgehead atoms. The van der Waals surface area contributed by atoms with Crippen molar-refractivity contribution in [1.82, 2.24) is 9.80 Å². The zero-order chi connectivity index (χ0) is 16.2. The summed E-state index contributed by atoms with van der Waals surface area (Å²) in [4.78, 5) is 16.8. The Morgan fingerprint density at radius 3 is 2.39 bits per heavy atom. The summed E-state index contributed by atoms with van der Waals surface area (Å²) in [6.45, 7) is 5.41. The molecule has 2 aliphatic rings. The SMILES string of the molecule is Cc1ccc(CC(=O)N2CCN(C3CCCCC3O)CC2)cc1. The molecule has 2 unspecified atom stereocenters. The average molecular weight is 316 g/mol. The second-order valence-corrected chi connectivity index (χ2v) is 7.00. The van der Waals surface area contributed by atoms with Gasteiger partial charge in [-0.2, -0.15) is 0 Å². The topological polar surface area (TPSA) is 43.8 Å². The predicted molar refractivity (Wildman–Crippen MR) is 91.3 cm³/mol. The number of hydrogen-bond donors (Lipinski definition) is 1. The van der Waals surface area contributed by atoms with Gasteiger partial charge in [-0.15, -0.1) is 0 Å². The Bertz CT molecular complexity index is 521. The minimum Gasteiger partial charge on any atom is -0.391 e. The maximum Gasteiger partial charge on any atom is 0.227 e. The molecule has 1 saturated carbocycles. The lowest BCUT2D eigenvalue weighted by Gasteiger charge is -2.42. The summed E-state index contributed by atoms with van der Waals surface area (Å²) in [7, 11) is 0. The van der Waals surface area contributed by atoms with Crippen molar-refractivity contribution >= 4 is 5.91 Å². The lowest BCUT2D eigenvalue weighted by molar-refractivity contribution is -0.133. The van der Waals surface area contributed by atoms with Crippen LogP contribution in [0, 0.1) is 6.92 Å². The highest BCUT2D eigenvalue weighted by Gasteiger charge is 2.31. The Kier molecular flexibility index (Phi) is 5.34. The molecule has 3 rings (SSSR count). The van der Waals surface area contributed by atoms with Crippen molar-refractivity contribution in [2.75, 3.05) is 26.2 Å². The molecule has 4 heteroatoms. The van der Waals surface area contributed by atoms with Gasteiger partial charge in [-0.05, 0) is 25.3 Å². The number of aliphatic hydroxyl groups is 1. The molecule has 1 saturated heterocycles. The molecule has 0 spiro atoms. The van der Waals surface area contributed by atoms with Gasteiger partial charge in [0.15, 0.2) is 0 Å². The molecule has 1 aliphatic heterocycles. The molecule has 1 N–H and O–H groups in total. The molecule has 0 aromatic heterocycles. The number of rotatable bonds is 3. The summed E-state index contributed by atoms with van der Waals surface area (Å²) in [6.07, 6.45) is 4.70. The number of carbonyl (C=O) groups is 1. The van der Waals surface area contributed by atoms with E-state index in [1.807, 2.05) is 17.0 Å². The first-order chi connectivity index (χ1) is 11.1. The molecule has 126 valence electrons. The van der Waals surface area contributed by atoms with Crippen LogP contribution in [-0.2, 0) is 11.2 Å². The van der Waals surface area contributed by atoms with Gasteiger partial charge < -0.3 is 10.0 Å². The van der Waals surface area contributed by atoms with E-state index in [-0.39, 0.29) is 12.0 Å². The van der Waals surface area contributed by atoms with E-state index in [4.69, 9.17) is 0 Å². The van der Waals surface area contributed by atoms with Gasteiger partial charge in [0.05, 0.1) is 12.5 Å². The molecule has 0 radical (unpaired) electrons. The zero-order valence-electron chi connectivity index (χ0n) is 14.1. The van der Waals surface area contributed by atoms with E-state index in [0.717, 1.165) is 51.0 Å². The molecule has 1 aromatic rings. The Hall–Kier alpha value is -1.39. The summed E-state index contributed by atoms with van der Waals surface area (Å²) in [5.41, 5.74) is 2.31. The number of nitrogens with zero attached hydrogens (tertiary/aromatic N) is 2. The second kappa shape index (κ2) is 7.45. The van der Waals surface area contributed by atoms with E-state index in [2.05, 4.69) is 24.0 Å². The van der Waals surface area contributed by atoms with Crippen LogP contribution in [0.1, 0.15) is 36.8 Å². The Balaban J connectivity index is 1.50. The number of piperazine rings is 1. The highest BCUT2D eigenvalue weighted by molar-refractivity contribution is 5.78. The summed E-state index contributed by atoms with van der Waals surface area (Å²) in [5.74, 6) is 0.220. The maximum atomic E-state index is 12.5. The van der Waals surface area contributed by atoms with Crippen molar-refractivity contribution in [3.05, 3.63) is 35.4 Å². The van der Waals surface area contributed by atoms with Crippen molar-refractivity contribution in [3.8, 4) is 0 Å². The van der Waals surface area contributed by atoms with Gasteiger partial charge in [-0.25, -0.2) is 0 Å². The smallest absolute Gasteiger partial charge is 0.227 e. The van der Waals surface area contributed by atoms with E-state index in [0.29, 0.717) is 12.5 Å². The van der Waals surface area contributed by atoms with E-state index in [1.54, 1.807) is 0 Å². The average Bonchev–Trinajstić information content (AvgIpc) is 2.57. The summed E-state index contributed by atoms with van der Waals surface area (Å²) in [5, 5.41) is 10.2. The van der Waals surface area contributed by atoms with Gasteiger partial charge in [0.1, 0.15) is 0 Å². The molecule has 2 fully saturated rings. The summed E-state index contributed by atoms with van der Waals surface area (Å²) in [6, 6.07) is 8.51. The van der Waals surface area contributed by atoms with E-state index < -0.39 is 0 Å². The first-order valence-electron chi connectivity index (χ1n) is 8.89. The van der Waals surface area contributed by atoms with Crippen LogP contribution in [0.5, 0.6) is 0 Å². The van der Waals surface area contributed by atoms with Gasteiger partial charge >= 0.3 is 0 Å². The van der Waals surface area contributed by atoms with Crippen LogP contribution in [-0.4, -0.2) is 59.1 Å². The van der Waals surface area contributed by atoms with Gasteiger partial charge in [-0.3, -0.25) is 9.69 Å². The fourth-order valence-corrected chi connectivity index (χ4v) is 3.81. The minimum atomic E-state index is -0.182. The normalized spacial score (nSPS) is 26.3. The number of amides is 1. The molecule has 23 heavy (non-hydrogen) atoms. The highest BCUT2D eigenvalue weighted by atomic mass is 16.3. The lowest BCUT2D eigenvalue weighted by Crippen LogP contribution is -2.55. The van der Waals surface area contributed by atoms with Crippen molar-refractivity contribution < 1.29 is 9.90 Å². The van der Waals surface area contributed by atoms with Crippen LogP contribution >= 0.6 is 0 Å². The fraction of sp³-hybridized carbons (Fsp3) is 0.632. The first-order valence-corrected chi connectivity index (χ1v) is 8.89. The quantitative estimate of drug-likeness (QED) is 0.927. The first kappa shape index (κ1) is 16.5. The van der Waals surface area contributed by atoms with Crippen LogP contribution in [0.3, 0.4) is 0 Å².